The number of nitrogens with two attached hydrogens (primary N) is 1. The first-order chi connectivity index (χ1) is 14.2. The number of nitrogen functional groups attached to an aromatic ring is 1. The highest BCUT2D eigenvalue weighted by molar-refractivity contribution is 5.85. The number of benzene rings is 2. The molecule has 0 radical (unpaired) electrons. The molecular formula is C24H24N4O. The third-order valence-corrected chi connectivity index (χ3v) is 5.71. The van der Waals surface area contributed by atoms with Crippen LogP contribution in [0.2, 0.25) is 0 Å². The van der Waals surface area contributed by atoms with Gasteiger partial charge in [-0.2, -0.15) is 0 Å². The Labute approximate surface area is 170 Å². The summed E-state index contributed by atoms with van der Waals surface area (Å²) in [6.07, 6.45) is 6.05. The van der Waals surface area contributed by atoms with Gasteiger partial charge < -0.3 is 10.5 Å². The molecule has 5 nitrogen and oxygen atoms in total. The third kappa shape index (κ3) is 3.33. The van der Waals surface area contributed by atoms with Crippen molar-refractivity contribution in [3.63, 3.8) is 0 Å². The Hall–Kier alpha value is -3.34. The molecule has 146 valence electrons. The summed E-state index contributed by atoms with van der Waals surface area (Å²) in [6.45, 7) is 2.82. The lowest BCUT2D eigenvalue weighted by Gasteiger charge is -2.31. The maximum Gasteiger partial charge on any atom is 0.150 e. The van der Waals surface area contributed by atoms with E-state index in [1.54, 1.807) is 6.20 Å². The predicted octanol–water partition coefficient (Wildman–Crippen LogP) is 5.07. The largest absolute Gasteiger partial charge is 0.489 e. The summed E-state index contributed by atoms with van der Waals surface area (Å²) in [5.74, 6) is 3.63. The van der Waals surface area contributed by atoms with Gasteiger partial charge in [0.1, 0.15) is 35.2 Å². The molecule has 0 bridgehead atoms. The summed E-state index contributed by atoms with van der Waals surface area (Å²) in [5.41, 5.74) is 10.1. The van der Waals surface area contributed by atoms with Crippen molar-refractivity contribution in [1.29, 1.82) is 0 Å². The Morgan fingerprint density at radius 1 is 1.10 bits per heavy atom. The molecule has 4 aromatic rings. The van der Waals surface area contributed by atoms with Crippen LogP contribution in [-0.4, -0.2) is 14.4 Å². The fourth-order valence-corrected chi connectivity index (χ4v) is 4.16. The molecule has 2 aromatic carbocycles. The molecule has 1 aliphatic rings. The Kier molecular flexibility index (Phi) is 4.43. The second kappa shape index (κ2) is 7.24. The maximum atomic E-state index is 6.26. The molecule has 1 saturated carbocycles. The Balaban J connectivity index is 1.50. The minimum absolute atomic E-state index is 0.477. The molecule has 1 fully saturated rings. The van der Waals surface area contributed by atoms with Crippen LogP contribution in [0.3, 0.4) is 0 Å². The van der Waals surface area contributed by atoms with Gasteiger partial charge in [0.25, 0.3) is 0 Å². The van der Waals surface area contributed by atoms with Crippen molar-refractivity contribution in [1.82, 2.24) is 14.4 Å². The summed E-state index contributed by atoms with van der Waals surface area (Å²) >= 11 is 0. The molecule has 1 aliphatic carbocycles. The average molecular weight is 384 g/mol. The fourth-order valence-electron chi connectivity index (χ4n) is 4.16. The number of nitrogens with zero attached hydrogens (tertiary/aromatic N) is 3. The number of hydrogen-bond donors (Lipinski definition) is 1. The van der Waals surface area contributed by atoms with Gasteiger partial charge in [0.05, 0.1) is 0 Å². The van der Waals surface area contributed by atoms with E-state index in [-0.39, 0.29) is 0 Å². The van der Waals surface area contributed by atoms with E-state index in [1.807, 2.05) is 42.6 Å². The van der Waals surface area contributed by atoms with Gasteiger partial charge in [-0.15, -0.1) is 0 Å². The maximum absolute atomic E-state index is 6.26. The van der Waals surface area contributed by atoms with Crippen LogP contribution in [-0.2, 0) is 6.61 Å². The topological polar surface area (TPSA) is 65.4 Å². The summed E-state index contributed by atoms with van der Waals surface area (Å²) in [6, 6.07) is 18.2. The quantitative estimate of drug-likeness (QED) is 0.522. The summed E-state index contributed by atoms with van der Waals surface area (Å²) in [5, 5.41) is 0. The molecule has 0 amide bonds. The number of aromatic nitrogens is 3. The Bertz CT molecular complexity index is 1150. The first-order valence-corrected chi connectivity index (χ1v) is 10.1. The van der Waals surface area contributed by atoms with E-state index in [0.29, 0.717) is 18.3 Å². The Morgan fingerprint density at radius 2 is 1.93 bits per heavy atom. The number of anilines is 1. The van der Waals surface area contributed by atoms with Crippen LogP contribution in [0.1, 0.15) is 37.1 Å². The molecule has 0 saturated heterocycles. The SMILES string of the molecule is CC1CC(c2nc(-c3cccc(OCc4ccccc4)c3)c3c(N)nccn23)C1. The summed E-state index contributed by atoms with van der Waals surface area (Å²) < 4.78 is 8.13. The van der Waals surface area contributed by atoms with Crippen LogP contribution in [0, 0.1) is 5.92 Å². The van der Waals surface area contributed by atoms with E-state index >= 15 is 0 Å². The lowest BCUT2D eigenvalue weighted by molar-refractivity contribution is 0.277. The second-order valence-electron chi connectivity index (χ2n) is 7.93. The first kappa shape index (κ1) is 17.7. The minimum Gasteiger partial charge on any atom is -0.489 e. The highest BCUT2D eigenvalue weighted by Gasteiger charge is 2.31. The summed E-state index contributed by atoms with van der Waals surface area (Å²) in [4.78, 5) is 9.33. The van der Waals surface area contributed by atoms with E-state index in [4.69, 9.17) is 15.5 Å². The van der Waals surface area contributed by atoms with Crippen LogP contribution < -0.4 is 10.5 Å². The molecule has 0 atom stereocenters. The van der Waals surface area contributed by atoms with Gasteiger partial charge in [0.15, 0.2) is 0 Å². The van der Waals surface area contributed by atoms with Crippen molar-refractivity contribution in [3.8, 4) is 17.0 Å². The van der Waals surface area contributed by atoms with Crippen molar-refractivity contribution in [2.24, 2.45) is 5.92 Å². The van der Waals surface area contributed by atoms with Crippen LogP contribution >= 0.6 is 0 Å². The van der Waals surface area contributed by atoms with Crippen molar-refractivity contribution in [2.45, 2.75) is 32.3 Å². The van der Waals surface area contributed by atoms with Crippen LogP contribution in [0.4, 0.5) is 5.82 Å². The zero-order valence-corrected chi connectivity index (χ0v) is 16.5. The van der Waals surface area contributed by atoms with E-state index < -0.39 is 0 Å². The average Bonchev–Trinajstić information content (AvgIpc) is 3.11. The second-order valence-corrected chi connectivity index (χ2v) is 7.93. The van der Waals surface area contributed by atoms with Crippen LogP contribution in [0.25, 0.3) is 16.8 Å². The summed E-state index contributed by atoms with van der Waals surface area (Å²) in [7, 11) is 0. The smallest absolute Gasteiger partial charge is 0.150 e. The van der Waals surface area contributed by atoms with Gasteiger partial charge in [-0.05, 0) is 36.5 Å². The van der Waals surface area contributed by atoms with Gasteiger partial charge in [-0.3, -0.25) is 4.40 Å². The third-order valence-electron chi connectivity index (χ3n) is 5.71. The lowest BCUT2D eigenvalue weighted by Crippen LogP contribution is -2.21. The van der Waals surface area contributed by atoms with E-state index in [2.05, 4.69) is 34.5 Å². The molecular weight excluding hydrogens is 360 g/mol. The fraction of sp³-hybridized carbons (Fsp3) is 0.250. The molecule has 2 N–H and O–H groups in total. The molecule has 29 heavy (non-hydrogen) atoms. The van der Waals surface area contributed by atoms with Crippen LogP contribution in [0.15, 0.2) is 67.0 Å². The van der Waals surface area contributed by atoms with E-state index in [9.17, 15) is 0 Å². The molecule has 2 heterocycles. The van der Waals surface area contributed by atoms with E-state index in [0.717, 1.165) is 39.8 Å². The van der Waals surface area contributed by atoms with Gasteiger partial charge in [-0.1, -0.05) is 49.4 Å². The molecule has 0 aliphatic heterocycles. The standard InChI is InChI=1S/C24H24N4O/c1-16-12-19(13-16)24-27-21(22-23(25)26-10-11-28(22)24)18-8-5-9-20(14-18)29-15-17-6-3-2-4-7-17/h2-11,14,16,19H,12-13,15H2,1H3,(H2,25,26). The molecule has 0 spiro atoms. The molecule has 5 rings (SSSR count). The molecule has 0 unspecified atom stereocenters. The van der Waals surface area contributed by atoms with Gasteiger partial charge >= 0.3 is 0 Å². The zero-order valence-electron chi connectivity index (χ0n) is 16.5. The monoisotopic (exact) mass is 384 g/mol. The predicted molar refractivity (Wildman–Crippen MR) is 115 cm³/mol. The van der Waals surface area contributed by atoms with Crippen molar-refractivity contribution < 1.29 is 4.74 Å². The zero-order chi connectivity index (χ0) is 19.8. The van der Waals surface area contributed by atoms with Crippen molar-refractivity contribution in [2.75, 3.05) is 5.73 Å². The first-order valence-electron chi connectivity index (χ1n) is 10.1. The number of rotatable bonds is 5. The number of hydrogen-bond acceptors (Lipinski definition) is 4. The molecule has 5 heteroatoms. The normalized spacial score (nSPS) is 18.5. The highest BCUT2D eigenvalue weighted by atomic mass is 16.5. The lowest BCUT2D eigenvalue weighted by atomic mass is 9.76. The van der Waals surface area contributed by atoms with Crippen molar-refractivity contribution >= 4 is 11.3 Å². The number of imidazole rings is 1. The highest BCUT2D eigenvalue weighted by Crippen LogP contribution is 2.42. The minimum atomic E-state index is 0.477. The van der Waals surface area contributed by atoms with E-state index in [1.165, 1.54) is 12.8 Å². The van der Waals surface area contributed by atoms with Crippen LogP contribution in [0.5, 0.6) is 5.75 Å². The number of fused-ring (bicyclic) bond motifs is 1. The van der Waals surface area contributed by atoms with Gasteiger partial charge in [-0.25, -0.2) is 9.97 Å². The van der Waals surface area contributed by atoms with Crippen molar-refractivity contribution in [3.05, 3.63) is 78.4 Å². The van der Waals surface area contributed by atoms with Gasteiger partial charge in [0, 0.05) is 23.9 Å². The van der Waals surface area contributed by atoms with Gasteiger partial charge in [0.2, 0.25) is 0 Å². The Morgan fingerprint density at radius 3 is 2.72 bits per heavy atom. The number of ether oxygens (including phenoxy) is 1. The molecule has 2 aromatic heterocycles.